The van der Waals surface area contributed by atoms with Crippen molar-refractivity contribution in [2.45, 2.75) is 13.8 Å². The van der Waals surface area contributed by atoms with Crippen molar-refractivity contribution >= 4 is 11.5 Å². The Morgan fingerprint density at radius 1 is 1.47 bits per heavy atom. The van der Waals surface area contributed by atoms with Crippen molar-refractivity contribution in [2.24, 2.45) is 5.92 Å². The molecule has 0 amide bonds. The lowest BCUT2D eigenvalue weighted by molar-refractivity contribution is 0.164. The molecule has 0 radical (unpaired) electrons. The molecule has 0 bridgehead atoms. The number of aryl methyl sites for hydroxylation is 1. The number of ether oxygens (including phenoxy) is 1. The standard InChI is InChI=1S/C11H17N5O/c1-8(7-17-3)6-13-10-11-15-14-9(2)16(11)5-4-12-10/h4-5,8H,6-7H2,1-3H3,(H,12,13). The van der Waals surface area contributed by atoms with Crippen LogP contribution in [0.4, 0.5) is 5.82 Å². The molecule has 0 fully saturated rings. The fourth-order valence-electron chi connectivity index (χ4n) is 1.68. The van der Waals surface area contributed by atoms with E-state index in [4.69, 9.17) is 4.74 Å². The second kappa shape index (κ2) is 5.09. The average molecular weight is 235 g/mol. The Kier molecular flexibility index (Phi) is 3.53. The van der Waals surface area contributed by atoms with E-state index in [0.29, 0.717) is 5.92 Å². The average Bonchev–Trinajstić information content (AvgIpc) is 2.70. The van der Waals surface area contributed by atoms with Crippen molar-refractivity contribution < 1.29 is 4.74 Å². The zero-order chi connectivity index (χ0) is 12.3. The molecule has 2 aromatic rings. The molecule has 17 heavy (non-hydrogen) atoms. The molecule has 1 N–H and O–H groups in total. The zero-order valence-corrected chi connectivity index (χ0v) is 10.3. The Morgan fingerprint density at radius 3 is 3.06 bits per heavy atom. The quantitative estimate of drug-likeness (QED) is 0.841. The number of anilines is 1. The maximum absolute atomic E-state index is 5.09. The van der Waals surface area contributed by atoms with Crippen LogP contribution in [0.3, 0.4) is 0 Å². The van der Waals surface area contributed by atoms with Crippen LogP contribution < -0.4 is 5.32 Å². The molecule has 1 unspecified atom stereocenters. The molecule has 2 rings (SSSR count). The molecule has 0 saturated carbocycles. The van der Waals surface area contributed by atoms with E-state index >= 15 is 0 Å². The van der Waals surface area contributed by atoms with Gasteiger partial charge in [-0.1, -0.05) is 6.92 Å². The number of aromatic nitrogens is 4. The maximum atomic E-state index is 5.09. The number of fused-ring (bicyclic) bond motifs is 1. The highest BCUT2D eigenvalue weighted by molar-refractivity contribution is 5.61. The summed E-state index contributed by atoms with van der Waals surface area (Å²) in [5.41, 5.74) is 0.759. The fourth-order valence-corrected chi connectivity index (χ4v) is 1.68. The summed E-state index contributed by atoms with van der Waals surface area (Å²) >= 11 is 0. The van der Waals surface area contributed by atoms with Crippen molar-refractivity contribution in [1.82, 2.24) is 19.6 Å². The third-order valence-electron chi connectivity index (χ3n) is 2.57. The van der Waals surface area contributed by atoms with Gasteiger partial charge < -0.3 is 10.1 Å². The van der Waals surface area contributed by atoms with Crippen molar-refractivity contribution in [3.05, 3.63) is 18.2 Å². The van der Waals surface area contributed by atoms with Crippen LogP contribution in [-0.4, -0.2) is 39.8 Å². The van der Waals surface area contributed by atoms with E-state index in [-0.39, 0.29) is 0 Å². The van der Waals surface area contributed by atoms with Crippen LogP contribution in [0.5, 0.6) is 0 Å². The summed E-state index contributed by atoms with van der Waals surface area (Å²) in [4.78, 5) is 4.28. The molecule has 2 heterocycles. The van der Waals surface area contributed by atoms with E-state index in [1.165, 1.54) is 0 Å². The predicted molar refractivity (Wildman–Crippen MR) is 65.0 cm³/mol. The number of hydrogen-bond donors (Lipinski definition) is 1. The molecule has 0 saturated heterocycles. The first kappa shape index (κ1) is 11.8. The third kappa shape index (κ3) is 2.52. The molecule has 0 aliphatic carbocycles. The van der Waals surface area contributed by atoms with Gasteiger partial charge in [-0.15, -0.1) is 10.2 Å². The van der Waals surface area contributed by atoms with Gasteiger partial charge in [0.15, 0.2) is 5.82 Å². The van der Waals surface area contributed by atoms with Gasteiger partial charge in [-0.3, -0.25) is 4.40 Å². The second-order valence-corrected chi connectivity index (χ2v) is 4.16. The Hall–Kier alpha value is -1.69. The predicted octanol–water partition coefficient (Wildman–Crippen LogP) is 1.13. The van der Waals surface area contributed by atoms with Crippen LogP contribution in [-0.2, 0) is 4.74 Å². The van der Waals surface area contributed by atoms with Gasteiger partial charge in [0, 0.05) is 26.0 Å². The molecule has 0 aromatic carbocycles. The van der Waals surface area contributed by atoms with Gasteiger partial charge in [-0.05, 0) is 12.8 Å². The first-order chi connectivity index (χ1) is 8.22. The van der Waals surface area contributed by atoms with Crippen molar-refractivity contribution in [1.29, 1.82) is 0 Å². The number of nitrogens with zero attached hydrogens (tertiary/aromatic N) is 4. The van der Waals surface area contributed by atoms with Gasteiger partial charge in [-0.2, -0.15) is 0 Å². The highest BCUT2D eigenvalue weighted by Crippen LogP contribution is 2.12. The molecule has 6 heteroatoms. The molecule has 0 spiro atoms. The summed E-state index contributed by atoms with van der Waals surface area (Å²) < 4.78 is 7.00. The molecule has 0 aliphatic rings. The van der Waals surface area contributed by atoms with Gasteiger partial charge in [-0.25, -0.2) is 4.98 Å². The number of methoxy groups -OCH3 is 1. The topological polar surface area (TPSA) is 64.3 Å². The number of rotatable bonds is 5. The minimum Gasteiger partial charge on any atom is -0.384 e. The summed E-state index contributed by atoms with van der Waals surface area (Å²) in [6, 6.07) is 0. The Balaban J connectivity index is 2.13. The van der Waals surface area contributed by atoms with Gasteiger partial charge in [0.25, 0.3) is 0 Å². The number of nitrogens with one attached hydrogen (secondary N) is 1. The second-order valence-electron chi connectivity index (χ2n) is 4.16. The van der Waals surface area contributed by atoms with E-state index in [1.807, 2.05) is 17.5 Å². The lowest BCUT2D eigenvalue weighted by atomic mass is 10.2. The summed E-state index contributed by atoms with van der Waals surface area (Å²) in [6.45, 7) is 5.55. The van der Waals surface area contributed by atoms with Gasteiger partial charge >= 0.3 is 0 Å². The lowest BCUT2D eigenvalue weighted by Gasteiger charge is -2.11. The molecule has 0 aliphatic heterocycles. The summed E-state index contributed by atoms with van der Waals surface area (Å²) in [5, 5.41) is 11.4. The third-order valence-corrected chi connectivity index (χ3v) is 2.57. The smallest absolute Gasteiger partial charge is 0.203 e. The molecule has 1 atom stereocenters. The van der Waals surface area contributed by atoms with Gasteiger partial charge in [0.1, 0.15) is 5.82 Å². The van der Waals surface area contributed by atoms with Crippen molar-refractivity contribution in [3.8, 4) is 0 Å². The maximum Gasteiger partial charge on any atom is 0.203 e. The van der Waals surface area contributed by atoms with E-state index in [2.05, 4.69) is 27.4 Å². The molecule has 92 valence electrons. The van der Waals surface area contributed by atoms with E-state index in [9.17, 15) is 0 Å². The fraction of sp³-hybridized carbons (Fsp3) is 0.545. The van der Waals surface area contributed by atoms with E-state index in [1.54, 1.807) is 13.3 Å². The van der Waals surface area contributed by atoms with Crippen molar-refractivity contribution in [3.63, 3.8) is 0 Å². The highest BCUT2D eigenvalue weighted by Gasteiger charge is 2.08. The monoisotopic (exact) mass is 235 g/mol. The van der Waals surface area contributed by atoms with Crippen LogP contribution >= 0.6 is 0 Å². The molecular formula is C11H17N5O. The highest BCUT2D eigenvalue weighted by atomic mass is 16.5. The van der Waals surface area contributed by atoms with E-state index in [0.717, 1.165) is 30.4 Å². The lowest BCUT2D eigenvalue weighted by Crippen LogP contribution is -2.17. The van der Waals surface area contributed by atoms with Crippen molar-refractivity contribution in [2.75, 3.05) is 25.6 Å². The van der Waals surface area contributed by atoms with E-state index < -0.39 is 0 Å². The normalized spacial score (nSPS) is 12.9. The number of hydrogen-bond acceptors (Lipinski definition) is 5. The van der Waals surface area contributed by atoms with Gasteiger partial charge in [0.05, 0.1) is 6.61 Å². The summed E-state index contributed by atoms with van der Waals surface area (Å²) in [7, 11) is 1.71. The van der Waals surface area contributed by atoms with Crippen LogP contribution in [0.1, 0.15) is 12.7 Å². The summed E-state index contributed by atoms with van der Waals surface area (Å²) in [6.07, 6.45) is 3.60. The Bertz CT molecular complexity index is 496. The Labute approximate surface area is 100 Å². The minimum atomic E-state index is 0.422. The first-order valence-electron chi connectivity index (χ1n) is 5.61. The molecule has 6 nitrogen and oxygen atoms in total. The zero-order valence-electron chi connectivity index (χ0n) is 10.3. The van der Waals surface area contributed by atoms with Crippen LogP contribution in [0.2, 0.25) is 0 Å². The molecular weight excluding hydrogens is 218 g/mol. The Morgan fingerprint density at radius 2 is 2.29 bits per heavy atom. The minimum absolute atomic E-state index is 0.422. The first-order valence-corrected chi connectivity index (χ1v) is 5.61. The summed E-state index contributed by atoms with van der Waals surface area (Å²) in [5.74, 6) is 2.04. The van der Waals surface area contributed by atoms with Crippen LogP contribution in [0.25, 0.3) is 5.65 Å². The van der Waals surface area contributed by atoms with Crippen LogP contribution in [0.15, 0.2) is 12.4 Å². The molecule has 2 aromatic heterocycles. The largest absolute Gasteiger partial charge is 0.384 e. The SMILES string of the molecule is COCC(C)CNc1nccn2c(C)nnc12. The van der Waals surface area contributed by atoms with Gasteiger partial charge in [0.2, 0.25) is 5.65 Å². The van der Waals surface area contributed by atoms with Crippen LogP contribution in [0, 0.1) is 12.8 Å².